The summed E-state index contributed by atoms with van der Waals surface area (Å²) in [6.07, 6.45) is 0.886. The van der Waals surface area contributed by atoms with Crippen LogP contribution in [-0.4, -0.2) is 49.1 Å². The molecule has 0 aliphatic carbocycles. The quantitative estimate of drug-likeness (QED) is 0.677. The number of nitrogens with one attached hydrogen (secondary N) is 1. The van der Waals surface area contributed by atoms with Gasteiger partial charge in [0.1, 0.15) is 0 Å². The standard InChI is InChI=1S/C22H23F3N2O4/c1-2-30-17-5-3-4-6-18(17)31-13-19(28)27-11-9-14(10-12-27)26-22(29)15-7-8-16(23)21(25)20(15)24/h3-8,14H,2,9-13H2,1H3,(H,26,29). The zero-order chi connectivity index (χ0) is 22.4. The highest BCUT2D eigenvalue weighted by molar-refractivity contribution is 5.94. The van der Waals surface area contributed by atoms with Crippen LogP contribution >= 0.6 is 0 Å². The van der Waals surface area contributed by atoms with Crippen molar-refractivity contribution in [1.82, 2.24) is 10.2 Å². The molecule has 166 valence electrons. The highest BCUT2D eigenvalue weighted by Gasteiger charge is 2.26. The van der Waals surface area contributed by atoms with Crippen molar-refractivity contribution in [2.24, 2.45) is 0 Å². The maximum atomic E-state index is 13.8. The number of rotatable bonds is 7. The number of benzene rings is 2. The molecule has 1 aliphatic heterocycles. The second kappa shape index (κ2) is 10.2. The van der Waals surface area contributed by atoms with Gasteiger partial charge in [-0.25, -0.2) is 13.2 Å². The first-order valence-corrected chi connectivity index (χ1v) is 9.97. The van der Waals surface area contributed by atoms with Crippen molar-refractivity contribution in [3.63, 3.8) is 0 Å². The zero-order valence-electron chi connectivity index (χ0n) is 17.0. The van der Waals surface area contributed by atoms with Crippen LogP contribution in [-0.2, 0) is 4.79 Å². The van der Waals surface area contributed by atoms with Gasteiger partial charge < -0.3 is 19.7 Å². The lowest BCUT2D eigenvalue weighted by molar-refractivity contribution is -0.134. The van der Waals surface area contributed by atoms with E-state index >= 15 is 0 Å². The molecule has 9 heteroatoms. The lowest BCUT2D eigenvalue weighted by Gasteiger charge is -2.32. The number of para-hydroxylation sites is 2. The van der Waals surface area contributed by atoms with Gasteiger partial charge in [-0.1, -0.05) is 12.1 Å². The number of carbonyl (C=O) groups excluding carboxylic acids is 2. The summed E-state index contributed by atoms with van der Waals surface area (Å²) in [6, 6.07) is 8.36. The second-order valence-corrected chi connectivity index (χ2v) is 7.02. The molecule has 0 unspecified atom stereocenters. The first-order chi connectivity index (χ1) is 14.9. The minimum atomic E-state index is -1.68. The first-order valence-electron chi connectivity index (χ1n) is 9.97. The van der Waals surface area contributed by atoms with Crippen LogP contribution in [0.5, 0.6) is 11.5 Å². The van der Waals surface area contributed by atoms with Crippen LogP contribution in [0.3, 0.4) is 0 Å². The molecule has 0 bridgehead atoms. The molecule has 1 fully saturated rings. The Labute approximate surface area is 177 Å². The number of likely N-dealkylation sites (tertiary alicyclic amines) is 1. The van der Waals surface area contributed by atoms with Crippen LogP contribution in [0.4, 0.5) is 13.2 Å². The third-order valence-corrected chi connectivity index (χ3v) is 4.96. The van der Waals surface area contributed by atoms with Gasteiger partial charge in [-0.05, 0) is 44.0 Å². The van der Waals surface area contributed by atoms with Crippen molar-refractivity contribution in [2.45, 2.75) is 25.8 Å². The molecule has 1 N–H and O–H groups in total. The van der Waals surface area contributed by atoms with Gasteiger partial charge in [0.2, 0.25) is 0 Å². The molecule has 1 saturated heterocycles. The molecule has 6 nitrogen and oxygen atoms in total. The zero-order valence-corrected chi connectivity index (χ0v) is 17.0. The third-order valence-electron chi connectivity index (χ3n) is 4.96. The smallest absolute Gasteiger partial charge is 0.260 e. The Morgan fingerprint density at radius 2 is 1.65 bits per heavy atom. The van der Waals surface area contributed by atoms with Crippen molar-refractivity contribution >= 4 is 11.8 Å². The molecular weight excluding hydrogens is 413 g/mol. The van der Waals surface area contributed by atoms with E-state index in [9.17, 15) is 22.8 Å². The number of carbonyl (C=O) groups is 2. The van der Waals surface area contributed by atoms with E-state index < -0.39 is 28.9 Å². The van der Waals surface area contributed by atoms with Gasteiger partial charge in [0.05, 0.1) is 12.2 Å². The summed E-state index contributed by atoms with van der Waals surface area (Å²) in [7, 11) is 0. The van der Waals surface area contributed by atoms with Crippen LogP contribution in [0.1, 0.15) is 30.1 Å². The van der Waals surface area contributed by atoms with Crippen molar-refractivity contribution in [2.75, 3.05) is 26.3 Å². The minimum absolute atomic E-state index is 0.152. The fraction of sp³-hybridized carbons (Fsp3) is 0.364. The third kappa shape index (κ3) is 5.48. The topological polar surface area (TPSA) is 67.9 Å². The summed E-state index contributed by atoms with van der Waals surface area (Å²) in [5, 5.41) is 2.61. The number of halogens is 3. The molecule has 1 heterocycles. The van der Waals surface area contributed by atoms with Crippen LogP contribution in [0.2, 0.25) is 0 Å². The maximum Gasteiger partial charge on any atom is 0.260 e. The van der Waals surface area contributed by atoms with Crippen LogP contribution in [0.15, 0.2) is 36.4 Å². The molecule has 2 aromatic rings. The van der Waals surface area contributed by atoms with E-state index in [2.05, 4.69) is 5.32 Å². The van der Waals surface area contributed by atoms with Crippen molar-refractivity contribution < 1.29 is 32.2 Å². The lowest BCUT2D eigenvalue weighted by atomic mass is 10.0. The second-order valence-electron chi connectivity index (χ2n) is 7.02. The Morgan fingerprint density at radius 1 is 1.00 bits per heavy atom. The van der Waals surface area contributed by atoms with Crippen LogP contribution in [0.25, 0.3) is 0 Å². The molecule has 2 aromatic carbocycles. The summed E-state index contributed by atoms with van der Waals surface area (Å²) in [5.74, 6) is -4.54. The lowest BCUT2D eigenvalue weighted by Crippen LogP contribution is -2.47. The van der Waals surface area contributed by atoms with E-state index in [4.69, 9.17) is 9.47 Å². The summed E-state index contributed by atoms with van der Waals surface area (Å²) < 4.78 is 51.2. The van der Waals surface area contributed by atoms with Crippen molar-refractivity contribution in [3.8, 4) is 11.5 Å². The largest absolute Gasteiger partial charge is 0.490 e. The van der Waals surface area contributed by atoms with Crippen LogP contribution in [0, 0.1) is 17.5 Å². The van der Waals surface area contributed by atoms with E-state index in [0.29, 0.717) is 50.1 Å². The van der Waals surface area contributed by atoms with Gasteiger partial charge in [0.15, 0.2) is 35.6 Å². The predicted octanol–water partition coefficient (Wildman–Crippen LogP) is 3.30. The summed E-state index contributed by atoms with van der Waals surface area (Å²) >= 11 is 0. The molecule has 0 saturated carbocycles. The first kappa shape index (κ1) is 22.5. The number of piperidine rings is 1. The van der Waals surface area contributed by atoms with E-state index in [1.165, 1.54) is 0 Å². The fourth-order valence-electron chi connectivity index (χ4n) is 3.31. The average Bonchev–Trinajstić information content (AvgIpc) is 2.77. The SMILES string of the molecule is CCOc1ccccc1OCC(=O)N1CCC(NC(=O)c2ccc(F)c(F)c2F)CC1. The molecule has 1 aliphatic rings. The Kier molecular flexibility index (Phi) is 7.38. The van der Waals surface area contributed by atoms with Crippen molar-refractivity contribution in [1.29, 1.82) is 0 Å². The number of hydrogen-bond donors (Lipinski definition) is 1. The van der Waals surface area contributed by atoms with Gasteiger partial charge in [-0.3, -0.25) is 9.59 Å². The summed E-state index contributed by atoms with van der Waals surface area (Å²) in [6.45, 7) is 2.93. The number of ether oxygens (including phenoxy) is 2. The Bertz CT molecular complexity index is 946. The Balaban J connectivity index is 1.49. The number of amides is 2. The fourth-order valence-corrected chi connectivity index (χ4v) is 3.31. The Morgan fingerprint density at radius 3 is 2.29 bits per heavy atom. The molecule has 31 heavy (non-hydrogen) atoms. The average molecular weight is 436 g/mol. The van der Waals surface area contributed by atoms with Gasteiger partial charge in [-0.2, -0.15) is 0 Å². The molecule has 3 rings (SSSR count). The van der Waals surface area contributed by atoms with Gasteiger partial charge in [0.25, 0.3) is 11.8 Å². The van der Waals surface area contributed by atoms with Gasteiger partial charge >= 0.3 is 0 Å². The molecule has 0 aromatic heterocycles. The molecule has 0 radical (unpaired) electrons. The normalized spacial score (nSPS) is 14.3. The van der Waals surface area contributed by atoms with E-state index in [-0.39, 0.29) is 18.6 Å². The van der Waals surface area contributed by atoms with E-state index in [1.807, 2.05) is 13.0 Å². The highest BCUT2D eigenvalue weighted by atomic mass is 19.2. The van der Waals surface area contributed by atoms with Crippen LogP contribution < -0.4 is 14.8 Å². The molecular formula is C22H23F3N2O4. The number of nitrogens with zero attached hydrogens (tertiary/aromatic N) is 1. The molecule has 2 amide bonds. The highest BCUT2D eigenvalue weighted by Crippen LogP contribution is 2.26. The maximum absolute atomic E-state index is 13.8. The minimum Gasteiger partial charge on any atom is -0.490 e. The van der Waals surface area contributed by atoms with Crippen molar-refractivity contribution in [3.05, 3.63) is 59.4 Å². The molecule has 0 atom stereocenters. The predicted molar refractivity (Wildman–Crippen MR) is 106 cm³/mol. The van der Waals surface area contributed by atoms with E-state index in [0.717, 1.165) is 6.07 Å². The van der Waals surface area contributed by atoms with E-state index in [1.54, 1.807) is 23.1 Å². The summed E-state index contributed by atoms with van der Waals surface area (Å²) in [4.78, 5) is 26.3. The Hall–Kier alpha value is -3.23. The monoisotopic (exact) mass is 436 g/mol. The number of hydrogen-bond acceptors (Lipinski definition) is 4. The van der Waals surface area contributed by atoms with Gasteiger partial charge in [0, 0.05) is 19.1 Å². The van der Waals surface area contributed by atoms with Gasteiger partial charge in [-0.15, -0.1) is 0 Å². The summed E-state index contributed by atoms with van der Waals surface area (Å²) in [5.41, 5.74) is -0.557. The molecule has 0 spiro atoms.